The van der Waals surface area contributed by atoms with Gasteiger partial charge in [0.15, 0.2) is 157 Å². The quantitative estimate of drug-likeness (QED) is 0.0402. The number of cyclic esters (lactones) is 2. The standard InChI is InChI=1S/C82H58O52/c83-26-1-16(2-27(84)47(26)95)71(112)129-67-65-39(14-122-74(115)19-7-31(88)50(98)57(105)41(19)43-21(76(117)127-65)9-33(90)52(100)59(43)107)125-81(69(67)131-72(113)17-3-28(85)48(96)29(86)4-17)133-73(114)18-5-30(87)49(97)38(6-18)124-64-25(13-37(94)56(104)63(64)111)80(121)134-82-70-68(130-78(119)23-11-35(92)54(102)61(109)45(23)46-24(79(120)132-70)12-36(93)55(103)62(46)110)66-40(126-82)15-123-75(116)20-8-32(89)51(99)58(106)42(20)44-22(77(118)128-66)10-34(91)53(101)60(44)108/h1-8,10-13,21,39-40,43,52,65-70,81-89,91-106,108-111H,9,14-15H2. The van der Waals surface area contributed by atoms with Crippen molar-refractivity contribution in [2.45, 2.75) is 79.9 Å². The minimum absolute atomic E-state index is 0.108. The number of ketones is 2. The molecule has 9 aromatic rings. The molecule has 5 heterocycles. The molecule has 13 atom stereocenters. The van der Waals surface area contributed by atoms with Crippen LogP contribution in [0.4, 0.5) is 0 Å². The van der Waals surface area contributed by atoms with Crippen molar-refractivity contribution < 1.29 is 257 Å². The molecule has 13 unspecified atom stereocenters. The number of fused-ring (bicyclic) bond motifs is 13. The molecule has 134 heavy (non-hydrogen) atoms. The Morgan fingerprint density at radius 2 is 0.664 bits per heavy atom. The van der Waals surface area contributed by atoms with E-state index in [1.807, 2.05) is 0 Å². The molecule has 1 saturated carbocycles. The second kappa shape index (κ2) is 33.3. The van der Waals surface area contributed by atoms with E-state index in [1.165, 1.54) is 0 Å². The van der Waals surface area contributed by atoms with E-state index < -0.39 is 409 Å². The molecule has 0 bridgehead atoms. The summed E-state index contributed by atoms with van der Waals surface area (Å²) >= 11 is 0. The second-order valence-corrected chi connectivity index (χ2v) is 29.7. The van der Waals surface area contributed by atoms with E-state index in [0.717, 1.165) is 0 Å². The highest BCUT2D eigenvalue weighted by atomic mass is 16.8. The van der Waals surface area contributed by atoms with Gasteiger partial charge in [0.2, 0.25) is 70.8 Å². The predicted octanol–water partition coefficient (Wildman–Crippen LogP) is 1.92. The van der Waals surface area contributed by atoms with Crippen molar-refractivity contribution in [3.05, 3.63) is 128 Å². The highest BCUT2D eigenvalue weighted by Crippen LogP contribution is 2.58. The summed E-state index contributed by atoms with van der Waals surface area (Å²) in [6.45, 7) is -3.12. The van der Waals surface area contributed by atoms with Crippen LogP contribution in [0.1, 0.15) is 111 Å². The first-order valence-corrected chi connectivity index (χ1v) is 37.6. The van der Waals surface area contributed by atoms with Gasteiger partial charge in [-0.2, -0.15) is 0 Å². The van der Waals surface area contributed by atoms with Crippen molar-refractivity contribution in [1.29, 1.82) is 0 Å². The fourth-order valence-corrected chi connectivity index (χ4v) is 15.1. The predicted molar refractivity (Wildman–Crippen MR) is 411 cm³/mol. The molecule has 52 nitrogen and oxygen atoms in total. The van der Waals surface area contributed by atoms with Gasteiger partial charge in [-0.15, -0.1) is 0 Å². The number of hydrogen-bond acceptors (Lipinski definition) is 52. The molecule has 15 rings (SSSR count). The number of phenols is 26. The number of benzene rings is 9. The topological polar surface area (TPSA) is 871 Å². The Labute approximate surface area is 736 Å². The van der Waals surface area contributed by atoms with Gasteiger partial charge in [-0.05, 0) is 66.7 Å². The maximum atomic E-state index is 15.4. The first-order chi connectivity index (χ1) is 63.1. The van der Waals surface area contributed by atoms with Gasteiger partial charge in [-0.3, -0.25) is 14.4 Å². The minimum Gasteiger partial charge on any atom is -0.504 e. The lowest BCUT2D eigenvalue weighted by Gasteiger charge is -2.44. The zero-order valence-electron chi connectivity index (χ0n) is 65.8. The number of rotatable bonds is 10. The maximum Gasteiger partial charge on any atom is 0.344 e. The van der Waals surface area contributed by atoms with Crippen molar-refractivity contribution in [3.8, 4) is 183 Å². The van der Waals surface area contributed by atoms with E-state index in [2.05, 4.69) is 0 Å². The molecule has 2 saturated heterocycles. The average Bonchev–Trinajstić information content (AvgIpc) is 0.752. The number of carbonyl (C=O) groups is 12. The molecule has 0 amide bonds. The SMILES string of the molecule is O=C(OC1OC2COC(=O)c3cc(O)c(O)c(O)c3C3C(=O)C(O)C(=O)CC3C(=O)OC2C(OC(=O)c2cc(O)c(O)c(O)c2)C1OC(=O)c1cc(O)c(O)c(O)c1)c1cc(O)c(O)c(Oc2c(C(=O)OC3OC4COC(=O)c5cc(O)c(O)c(O)c5-c5c(cc(O)c(O)c5O)C(=O)OC4C4OC(=O)c5cc(O)c(O)c(O)c5-c5c(cc(O)c(O)c5O)C(=O)OC34)cc(O)c(O)c2O)c1. The van der Waals surface area contributed by atoms with Crippen LogP contribution in [0.15, 0.2) is 72.8 Å². The van der Waals surface area contributed by atoms with Crippen LogP contribution in [-0.4, -0.2) is 290 Å². The normalized spacial score (nSPS) is 22.0. The number of carbonyl (C=O) groups excluding carboxylic acids is 12. The Balaban J connectivity index is 0.835. The zero-order valence-corrected chi connectivity index (χ0v) is 65.8. The smallest absolute Gasteiger partial charge is 0.344 e. The molecule has 0 spiro atoms. The Morgan fingerprint density at radius 1 is 0.313 bits per heavy atom. The molecule has 6 aliphatic rings. The number of phenolic OH excluding ortho intramolecular Hbond substituents is 26. The van der Waals surface area contributed by atoms with Gasteiger partial charge >= 0.3 is 59.7 Å². The van der Waals surface area contributed by atoms with Crippen LogP contribution in [0.5, 0.6) is 161 Å². The Morgan fingerprint density at radius 3 is 1.13 bits per heavy atom. The summed E-state index contributed by atoms with van der Waals surface area (Å²) in [6, 6.07) is 3.61. The summed E-state index contributed by atoms with van der Waals surface area (Å²) in [4.78, 5) is 176. The number of Topliss-reactive ketones (excluding diaryl/α,β-unsaturated/α-hetero) is 2. The van der Waals surface area contributed by atoms with Gasteiger partial charge in [0.25, 0.3) is 0 Å². The zero-order chi connectivity index (χ0) is 97.5. The number of aliphatic hydroxyl groups is 1. The van der Waals surface area contributed by atoms with Crippen LogP contribution < -0.4 is 4.74 Å². The van der Waals surface area contributed by atoms with E-state index in [4.69, 9.17) is 61.6 Å². The van der Waals surface area contributed by atoms with Crippen molar-refractivity contribution >= 4 is 71.3 Å². The van der Waals surface area contributed by atoms with Gasteiger partial charge < -0.3 is 199 Å². The molecule has 1 aliphatic carbocycles. The van der Waals surface area contributed by atoms with Crippen LogP contribution >= 0.6 is 0 Å². The fourth-order valence-electron chi connectivity index (χ4n) is 15.1. The van der Waals surface area contributed by atoms with E-state index in [1.54, 1.807) is 0 Å². The number of aromatic hydroxyl groups is 26. The van der Waals surface area contributed by atoms with E-state index in [0.29, 0.717) is 36.4 Å². The molecule has 27 N–H and O–H groups in total. The minimum atomic E-state index is -3.09. The molecule has 5 aliphatic heterocycles. The Kier molecular flexibility index (Phi) is 22.4. The van der Waals surface area contributed by atoms with Gasteiger partial charge in [0.1, 0.15) is 31.0 Å². The van der Waals surface area contributed by atoms with Gasteiger partial charge in [-0.1, -0.05) is 0 Å². The van der Waals surface area contributed by atoms with Gasteiger partial charge in [0, 0.05) is 40.3 Å². The van der Waals surface area contributed by atoms with Crippen LogP contribution in [-0.2, 0) is 71.2 Å². The molecular weight excluding hydrogens is 1820 g/mol. The molecule has 0 radical (unpaired) electrons. The highest BCUT2D eigenvalue weighted by Gasteiger charge is 2.60. The molecule has 3 fully saturated rings. The van der Waals surface area contributed by atoms with E-state index >= 15 is 28.8 Å². The Bertz CT molecular complexity index is 6660. The third-order valence-electron chi connectivity index (χ3n) is 21.6. The first kappa shape index (κ1) is 90.3. The molecule has 9 aromatic carbocycles. The lowest BCUT2D eigenvalue weighted by molar-refractivity contribution is -0.287. The summed E-state index contributed by atoms with van der Waals surface area (Å²) < 4.78 is 74.5. The van der Waals surface area contributed by atoms with Crippen molar-refractivity contribution in [2.24, 2.45) is 5.92 Å². The summed E-state index contributed by atoms with van der Waals surface area (Å²) in [5.74, 6) is -70.2. The summed E-state index contributed by atoms with van der Waals surface area (Å²) in [5, 5.41) is 296. The lowest BCUT2D eigenvalue weighted by Crippen LogP contribution is -2.63. The molecule has 52 heteroatoms. The number of aliphatic hydroxyl groups excluding tert-OH is 1. The van der Waals surface area contributed by atoms with Crippen molar-refractivity contribution in [3.63, 3.8) is 0 Å². The molecular formula is C82H58O52. The van der Waals surface area contributed by atoms with Gasteiger partial charge in [0.05, 0.1) is 56.3 Å². The fraction of sp³-hybridized carbons (Fsp3) is 0.195. The largest absolute Gasteiger partial charge is 0.504 e. The third kappa shape index (κ3) is 15.2. The lowest BCUT2D eigenvalue weighted by atomic mass is 9.71. The van der Waals surface area contributed by atoms with Gasteiger partial charge in [-0.25, -0.2) is 43.2 Å². The summed E-state index contributed by atoms with van der Waals surface area (Å²) in [6.07, 6.45) is -32.4. The average molecular weight is 1880 g/mol. The molecule has 698 valence electrons. The monoisotopic (exact) mass is 1870 g/mol. The first-order valence-electron chi connectivity index (χ1n) is 37.6. The highest BCUT2D eigenvalue weighted by molar-refractivity contribution is 6.15. The Hall–Kier alpha value is -18.5. The number of hydrogen-bond donors (Lipinski definition) is 27. The summed E-state index contributed by atoms with van der Waals surface area (Å²) in [5.41, 5.74) is -17.5. The van der Waals surface area contributed by atoms with Crippen molar-refractivity contribution in [2.75, 3.05) is 13.2 Å². The molecule has 0 aromatic heterocycles. The van der Waals surface area contributed by atoms with Crippen LogP contribution in [0.25, 0.3) is 22.3 Å². The van der Waals surface area contributed by atoms with E-state index in [-0.39, 0.29) is 36.4 Å². The van der Waals surface area contributed by atoms with Crippen LogP contribution in [0.3, 0.4) is 0 Å². The third-order valence-corrected chi connectivity index (χ3v) is 21.6. The van der Waals surface area contributed by atoms with Crippen LogP contribution in [0.2, 0.25) is 0 Å². The van der Waals surface area contributed by atoms with Crippen molar-refractivity contribution in [1.82, 2.24) is 0 Å². The van der Waals surface area contributed by atoms with Crippen LogP contribution in [0, 0.1) is 5.92 Å². The maximum absolute atomic E-state index is 15.4. The summed E-state index contributed by atoms with van der Waals surface area (Å²) in [7, 11) is 0. The number of ether oxygens (including phenoxy) is 13. The second-order valence-electron chi connectivity index (χ2n) is 29.7. The number of esters is 10. The van der Waals surface area contributed by atoms with E-state index in [9.17, 15) is 167 Å².